The van der Waals surface area contributed by atoms with Crippen LogP contribution in [0.4, 0.5) is 0 Å². The second-order valence-electron chi connectivity index (χ2n) is 9.76. The third-order valence-corrected chi connectivity index (χ3v) is 7.45. The molecule has 206 valence electrons. The Morgan fingerprint density at radius 2 is 1.85 bits per heavy atom. The Morgan fingerprint density at radius 1 is 1.00 bits per heavy atom. The van der Waals surface area contributed by atoms with Crippen molar-refractivity contribution in [3.8, 4) is 28.7 Å². The molecule has 0 fully saturated rings. The predicted molar refractivity (Wildman–Crippen MR) is 153 cm³/mol. The van der Waals surface area contributed by atoms with Gasteiger partial charge >= 0.3 is 0 Å². The molecule has 7 rings (SSSR count). The Kier molecular flexibility index (Phi) is 5.70. The van der Waals surface area contributed by atoms with Crippen molar-refractivity contribution in [2.75, 3.05) is 21.0 Å². The molecule has 0 aliphatic carbocycles. The van der Waals surface area contributed by atoms with Crippen LogP contribution in [0.5, 0.6) is 28.7 Å². The monoisotopic (exact) mass is 551 g/mol. The normalized spacial score (nSPS) is 13.2. The fourth-order valence-electron chi connectivity index (χ4n) is 5.52. The van der Waals surface area contributed by atoms with Crippen LogP contribution >= 0.6 is 0 Å². The summed E-state index contributed by atoms with van der Waals surface area (Å²) in [6.07, 6.45) is 0.961. The van der Waals surface area contributed by atoms with Gasteiger partial charge in [0.1, 0.15) is 5.75 Å². The lowest BCUT2D eigenvalue weighted by Gasteiger charge is -2.15. The SMILES string of the molecule is COc1ccc2c(c1OC)c(=O)n1c3ccc(O[C@H](C)C(=O)NCc4ccc5c(c4)OCO5)cc3c3ccnc2c31. The molecule has 3 aromatic carbocycles. The number of nitrogens with one attached hydrogen (secondary N) is 1. The number of fused-ring (bicyclic) bond motifs is 6. The smallest absolute Gasteiger partial charge is 0.267 e. The number of aromatic nitrogens is 2. The van der Waals surface area contributed by atoms with Gasteiger partial charge in [-0.2, -0.15) is 0 Å². The molecule has 6 aromatic rings. The Labute approximate surface area is 233 Å². The first kappa shape index (κ1) is 24.8. The maximum absolute atomic E-state index is 13.9. The lowest BCUT2D eigenvalue weighted by Crippen LogP contribution is -2.35. The molecule has 1 aliphatic heterocycles. The summed E-state index contributed by atoms with van der Waals surface area (Å²) in [5.74, 6) is 2.42. The third kappa shape index (κ3) is 3.82. The van der Waals surface area contributed by atoms with Gasteiger partial charge in [0.25, 0.3) is 11.5 Å². The maximum atomic E-state index is 13.9. The molecule has 1 amide bonds. The summed E-state index contributed by atoms with van der Waals surface area (Å²) in [7, 11) is 3.05. The van der Waals surface area contributed by atoms with E-state index in [-0.39, 0.29) is 18.3 Å². The highest BCUT2D eigenvalue weighted by molar-refractivity contribution is 6.19. The zero-order valence-electron chi connectivity index (χ0n) is 22.5. The molecule has 0 saturated carbocycles. The van der Waals surface area contributed by atoms with E-state index in [1.54, 1.807) is 29.7 Å². The number of benzene rings is 3. The van der Waals surface area contributed by atoms with Crippen molar-refractivity contribution < 1.29 is 28.5 Å². The molecule has 0 radical (unpaired) electrons. The zero-order chi connectivity index (χ0) is 28.2. The van der Waals surface area contributed by atoms with Crippen LogP contribution in [0.3, 0.4) is 0 Å². The van der Waals surface area contributed by atoms with Gasteiger partial charge in [0.2, 0.25) is 6.79 Å². The average Bonchev–Trinajstić information content (AvgIpc) is 3.60. The first-order chi connectivity index (χ1) is 20.0. The van der Waals surface area contributed by atoms with E-state index in [2.05, 4.69) is 10.3 Å². The topological polar surface area (TPSA) is 110 Å². The van der Waals surface area contributed by atoms with Gasteiger partial charge < -0.3 is 29.0 Å². The molecule has 0 spiro atoms. The van der Waals surface area contributed by atoms with Crippen molar-refractivity contribution >= 4 is 44.0 Å². The standard InChI is InChI=1S/C31H25N3O7/c1-16(30(35)33-14-17-4-8-23-25(12-17)40-15-39-23)41-18-5-7-22-21(13-18)19-10-11-32-27-20-6-9-24(37-2)29(38-3)26(20)31(36)34(22)28(19)27/h4-13,16H,14-15H2,1-3H3,(H,33,35)/t16-/m1/s1. The summed E-state index contributed by atoms with van der Waals surface area (Å²) in [6, 6.07) is 16.4. The molecule has 1 N–H and O–H groups in total. The second kappa shape index (κ2) is 9.44. The van der Waals surface area contributed by atoms with E-state index in [4.69, 9.17) is 23.7 Å². The lowest BCUT2D eigenvalue weighted by atomic mass is 10.1. The highest BCUT2D eigenvalue weighted by Crippen LogP contribution is 2.39. The number of rotatable bonds is 7. The minimum absolute atomic E-state index is 0.195. The van der Waals surface area contributed by atoms with Crippen molar-refractivity contribution in [3.63, 3.8) is 0 Å². The van der Waals surface area contributed by atoms with E-state index in [1.165, 1.54) is 14.2 Å². The predicted octanol–water partition coefficient (Wildman–Crippen LogP) is 4.42. The molecule has 10 heteroatoms. The number of carbonyl (C=O) groups excluding carboxylic acids is 1. The molecule has 0 bridgehead atoms. The Balaban J connectivity index is 1.23. The van der Waals surface area contributed by atoms with E-state index in [1.807, 2.05) is 42.5 Å². The molecular weight excluding hydrogens is 526 g/mol. The van der Waals surface area contributed by atoms with Crippen LogP contribution in [-0.4, -0.2) is 42.4 Å². The number of carbonyl (C=O) groups is 1. The summed E-state index contributed by atoms with van der Waals surface area (Å²) < 4.78 is 29.5. The molecule has 4 heterocycles. The van der Waals surface area contributed by atoms with Gasteiger partial charge in [0.05, 0.1) is 36.2 Å². The zero-order valence-corrected chi connectivity index (χ0v) is 22.5. The molecule has 41 heavy (non-hydrogen) atoms. The minimum atomic E-state index is -0.759. The first-order valence-corrected chi connectivity index (χ1v) is 13.0. The number of nitrogens with zero attached hydrogens (tertiary/aromatic N) is 2. The molecule has 1 aliphatic rings. The van der Waals surface area contributed by atoms with Crippen LogP contribution < -0.4 is 34.6 Å². The van der Waals surface area contributed by atoms with Crippen LogP contribution in [0.25, 0.3) is 38.1 Å². The Hall–Kier alpha value is -5.25. The summed E-state index contributed by atoms with van der Waals surface area (Å²) in [5.41, 5.74) is 2.73. The first-order valence-electron chi connectivity index (χ1n) is 13.0. The molecule has 1 atom stereocenters. The molecule has 10 nitrogen and oxygen atoms in total. The van der Waals surface area contributed by atoms with Crippen LogP contribution in [0, 0.1) is 0 Å². The van der Waals surface area contributed by atoms with Crippen molar-refractivity contribution in [1.29, 1.82) is 0 Å². The Bertz CT molecular complexity index is 2050. The van der Waals surface area contributed by atoms with Gasteiger partial charge in [-0.3, -0.25) is 19.0 Å². The van der Waals surface area contributed by atoms with Gasteiger partial charge in [-0.15, -0.1) is 0 Å². The number of pyridine rings is 2. The fraction of sp³-hybridized carbons (Fsp3) is 0.194. The van der Waals surface area contributed by atoms with Gasteiger partial charge in [0, 0.05) is 28.9 Å². The maximum Gasteiger partial charge on any atom is 0.267 e. The summed E-state index contributed by atoms with van der Waals surface area (Å²) >= 11 is 0. The van der Waals surface area contributed by atoms with Crippen LogP contribution in [0.2, 0.25) is 0 Å². The van der Waals surface area contributed by atoms with Crippen LogP contribution in [-0.2, 0) is 11.3 Å². The summed E-state index contributed by atoms with van der Waals surface area (Å²) in [4.78, 5) is 31.4. The van der Waals surface area contributed by atoms with Crippen LogP contribution in [0.15, 0.2) is 65.6 Å². The molecule has 0 saturated heterocycles. The highest BCUT2D eigenvalue weighted by atomic mass is 16.7. The van der Waals surface area contributed by atoms with E-state index in [0.29, 0.717) is 62.6 Å². The summed E-state index contributed by atoms with van der Waals surface area (Å²) in [5, 5.41) is 5.63. The van der Waals surface area contributed by atoms with E-state index >= 15 is 0 Å². The lowest BCUT2D eigenvalue weighted by molar-refractivity contribution is -0.127. The van der Waals surface area contributed by atoms with Gasteiger partial charge in [0.15, 0.2) is 29.1 Å². The van der Waals surface area contributed by atoms with Gasteiger partial charge in [-0.25, -0.2) is 0 Å². The minimum Gasteiger partial charge on any atom is -0.493 e. The van der Waals surface area contributed by atoms with Crippen molar-refractivity contribution in [2.45, 2.75) is 19.6 Å². The number of amides is 1. The van der Waals surface area contributed by atoms with E-state index in [0.717, 1.165) is 16.3 Å². The molecule has 0 unspecified atom stereocenters. The van der Waals surface area contributed by atoms with Crippen LogP contribution in [0.1, 0.15) is 12.5 Å². The number of hydrogen-bond donors (Lipinski definition) is 1. The average molecular weight is 552 g/mol. The summed E-state index contributed by atoms with van der Waals surface area (Å²) in [6.45, 7) is 2.21. The second-order valence-corrected chi connectivity index (χ2v) is 9.76. The molecule has 3 aromatic heterocycles. The van der Waals surface area contributed by atoms with Crippen molar-refractivity contribution in [1.82, 2.24) is 14.7 Å². The number of ether oxygens (including phenoxy) is 5. The van der Waals surface area contributed by atoms with Gasteiger partial charge in [-0.05, 0) is 61.0 Å². The quantitative estimate of drug-likeness (QED) is 0.291. The molecular formula is C31H25N3O7. The number of hydrogen-bond acceptors (Lipinski definition) is 8. The van der Waals surface area contributed by atoms with Gasteiger partial charge in [-0.1, -0.05) is 6.07 Å². The van der Waals surface area contributed by atoms with E-state index in [9.17, 15) is 9.59 Å². The third-order valence-electron chi connectivity index (χ3n) is 7.45. The Morgan fingerprint density at radius 3 is 2.68 bits per heavy atom. The van der Waals surface area contributed by atoms with E-state index < -0.39 is 6.10 Å². The van der Waals surface area contributed by atoms with Crippen molar-refractivity contribution in [2.24, 2.45) is 0 Å². The van der Waals surface area contributed by atoms with Crippen molar-refractivity contribution in [3.05, 3.63) is 76.7 Å². The largest absolute Gasteiger partial charge is 0.493 e. The fourth-order valence-corrected chi connectivity index (χ4v) is 5.52. The number of methoxy groups -OCH3 is 2. The highest BCUT2D eigenvalue weighted by Gasteiger charge is 2.23.